The van der Waals surface area contributed by atoms with Gasteiger partial charge in [0.15, 0.2) is 5.16 Å². The van der Waals surface area contributed by atoms with Crippen LogP contribution < -0.4 is 5.56 Å². The van der Waals surface area contributed by atoms with E-state index < -0.39 is 0 Å². The fourth-order valence-corrected chi connectivity index (χ4v) is 5.49. The van der Waals surface area contributed by atoms with Crippen molar-refractivity contribution in [3.63, 3.8) is 0 Å². The van der Waals surface area contributed by atoms with Crippen molar-refractivity contribution in [3.8, 4) is 0 Å². The van der Waals surface area contributed by atoms with Gasteiger partial charge in [-0.15, -0.1) is 11.3 Å². The number of hydrogen-bond acceptors (Lipinski definition) is 6. The Morgan fingerprint density at radius 3 is 2.97 bits per heavy atom. The zero-order valence-electron chi connectivity index (χ0n) is 17.9. The Labute approximate surface area is 190 Å². The smallest absolute Gasteiger partial charge is 0.262 e. The van der Waals surface area contributed by atoms with Crippen LogP contribution in [-0.4, -0.2) is 45.4 Å². The van der Waals surface area contributed by atoms with E-state index in [1.54, 1.807) is 22.0 Å². The van der Waals surface area contributed by atoms with Gasteiger partial charge in [0.1, 0.15) is 0 Å². The molecule has 0 spiro atoms. The van der Waals surface area contributed by atoms with Crippen LogP contribution in [0, 0.1) is 0 Å². The maximum Gasteiger partial charge on any atom is 0.262 e. The van der Waals surface area contributed by atoms with E-state index in [9.17, 15) is 9.59 Å². The molecule has 0 unspecified atom stereocenters. The van der Waals surface area contributed by atoms with E-state index in [1.165, 1.54) is 22.2 Å². The van der Waals surface area contributed by atoms with Crippen LogP contribution in [0.4, 0.5) is 0 Å². The van der Waals surface area contributed by atoms with Crippen molar-refractivity contribution in [1.29, 1.82) is 0 Å². The normalized spacial score (nSPS) is 13.7. The molecular weight excluding hydrogens is 430 g/mol. The number of amides is 1. The van der Waals surface area contributed by atoms with Gasteiger partial charge in [0, 0.05) is 31.1 Å². The Hall–Kier alpha value is -2.16. The highest BCUT2D eigenvalue weighted by atomic mass is 32.2. The first kappa shape index (κ1) is 22.0. The predicted octanol–water partition coefficient (Wildman–Crippen LogP) is 3.95. The molecular formula is C23H27N3O3S2. The number of carbonyl (C=O) groups is 1. The molecule has 0 N–H and O–H groups in total. The molecule has 2 aromatic heterocycles. The number of nitrogens with zero attached hydrogens (tertiary/aromatic N) is 3. The van der Waals surface area contributed by atoms with E-state index in [-0.39, 0.29) is 23.3 Å². The van der Waals surface area contributed by atoms with Crippen LogP contribution in [0.5, 0.6) is 0 Å². The summed E-state index contributed by atoms with van der Waals surface area (Å²) in [6, 6.07) is 9.48. The average Bonchev–Trinajstić information content (AvgIpc) is 3.24. The molecule has 3 aromatic rings. The van der Waals surface area contributed by atoms with Crippen molar-refractivity contribution in [3.05, 3.63) is 56.5 Å². The second kappa shape index (κ2) is 9.97. The molecule has 0 saturated carbocycles. The van der Waals surface area contributed by atoms with Gasteiger partial charge in [0.2, 0.25) is 5.91 Å². The van der Waals surface area contributed by atoms with Crippen LogP contribution in [0.2, 0.25) is 0 Å². The molecule has 164 valence electrons. The number of aromatic nitrogens is 2. The molecule has 8 heteroatoms. The van der Waals surface area contributed by atoms with Gasteiger partial charge in [0.05, 0.1) is 22.8 Å². The van der Waals surface area contributed by atoms with E-state index >= 15 is 0 Å². The zero-order valence-corrected chi connectivity index (χ0v) is 19.5. The van der Waals surface area contributed by atoms with Crippen LogP contribution >= 0.6 is 23.1 Å². The lowest BCUT2D eigenvalue weighted by molar-refractivity contribution is -0.129. The Balaban J connectivity index is 1.49. The second-order valence-corrected chi connectivity index (χ2v) is 9.81. The summed E-state index contributed by atoms with van der Waals surface area (Å²) < 4.78 is 7.32. The summed E-state index contributed by atoms with van der Waals surface area (Å²) in [7, 11) is 0. The number of thioether (sulfide) groups is 1. The third-order valence-corrected chi connectivity index (χ3v) is 7.27. The average molecular weight is 458 g/mol. The summed E-state index contributed by atoms with van der Waals surface area (Å²) in [5.74, 6) is 0.353. The lowest BCUT2D eigenvalue weighted by Gasteiger charge is -2.27. The summed E-state index contributed by atoms with van der Waals surface area (Å²) in [6.45, 7) is 6.51. The Bertz CT molecular complexity index is 1120. The Morgan fingerprint density at radius 2 is 2.13 bits per heavy atom. The number of hydrogen-bond donors (Lipinski definition) is 0. The molecule has 31 heavy (non-hydrogen) atoms. The molecule has 0 saturated heterocycles. The van der Waals surface area contributed by atoms with Crippen molar-refractivity contribution >= 4 is 39.9 Å². The fourth-order valence-electron chi connectivity index (χ4n) is 3.68. The largest absolute Gasteiger partial charge is 0.379 e. The third-order valence-electron chi connectivity index (χ3n) is 5.29. The number of fused-ring (bicyclic) bond motifs is 2. The van der Waals surface area contributed by atoms with Crippen molar-refractivity contribution in [2.45, 2.75) is 51.0 Å². The van der Waals surface area contributed by atoms with Gasteiger partial charge in [0.25, 0.3) is 5.56 Å². The minimum Gasteiger partial charge on any atom is -0.379 e. The van der Waals surface area contributed by atoms with Crippen LogP contribution in [-0.2, 0) is 29.0 Å². The highest BCUT2D eigenvalue weighted by Gasteiger charge is 2.22. The summed E-state index contributed by atoms with van der Waals surface area (Å²) in [5.41, 5.74) is 1.85. The molecule has 1 aliphatic rings. The molecule has 0 atom stereocenters. The maximum absolute atomic E-state index is 13.1. The van der Waals surface area contributed by atoms with E-state index in [2.05, 4.69) is 11.4 Å². The van der Waals surface area contributed by atoms with Gasteiger partial charge in [-0.25, -0.2) is 4.98 Å². The first-order valence-corrected chi connectivity index (χ1v) is 12.5. The summed E-state index contributed by atoms with van der Waals surface area (Å²) >= 11 is 3.11. The first-order valence-electron chi connectivity index (χ1n) is 10.6. The zero-order chi connectivity index (χ0) is 21.8. The highest BCUT2D eigenvalue weighted by molar-refractivity contribution is 7.99. The number of carbonyl (C=O) groups excluding carboxylic acids is 1. The molecule has 3 heterocycles. The SMILES string of the molecule is CC(C)OCCCn1c(SCC(=O)N2CCc3sccc3C2)nc2ccccc2c1=O. The summed E-state index contributed by atoms with van der Waals surface area (Å²) in [6.07, 6.45) is 1.79. The second-order valence-electron chi connectivity index (χ2n) is 7.86. The van der Waals surface area contributed by atoms with E-state index in [1.807, 2.05) is 36.9 Å². The fraction of sp³-hybridized carbons (Fsp3) is 0.435. The standard InChI is InChI=1S/C23H27N3O3S2/c1-16(2)29-12-5-10-26-22(28)18-6-3-4-7-19(18)24-23(26)31-15-21(27)25-11-8-20-17(14-25)9-13-30-20/h3-4,6-7,9,13,16H,5,8,10-12,14-15H2,1-2H3. The van der Waals surface area contributed by atoms with Crippen LogP contribution in [0.25, 0.3) is 10.9 Å². The highest BCUT2D eigenvalue weighted by Crippen LogP contribution is 2.25. The van der Waals surface area contributed by atoms with Gasteiger partial charge in [-0.05, 0) is 55.8 Å². The van der Waals surface area contributed by atoms with Crippen molar-refractivity contribution in [1.82, 2.24) is 14.5 Å². The molecule has 0 fully saturated rings. The maximum atomic E-state index is 13.1. The molecule has 1 aliphatic heterocycles. The van der Waals surface area contributed by atoms with Crippen molar-refractivity contribution < 1.29 is 9.53 Å². The van der Waals surface area contributed by atoms with Gasteiger partial charge in [-0.2, -0.15) is 0 Å². The lowest BCUT2D eigenvalue weighted by Crippen LogP contribution is -2.36. The third kappa shape index (κ3) is 5.19. The van der Waals surface area contributed by atoms with Crippen molar-refractivity contribution in [2.24, 2.45) is 0 Å². The van der Waals surface area contributed by atoms with E-state index in [4.69, 9.17) is 9.72 Å². The number of thiophene rings is 1. The Morgan fingerprint density at radius 1 is 1.29 bits per heavy atom. The molecule has 0 bridgehead atoms. The lowest BCUT2D eigenvalue weighted by atomic mass is 10.1. The number of para-hydroxylation sites is 1. The van der Waals surface area contributed by atoms with E-state index in [0.29, 0.717) is 42.2 Å². The minimum atomic E-state index is -0.0639. The van der Waals surface area contributed by atoms with Crippen LogP contribution in [0.3, 0.4) is 0 Å². The molecule has 6 nitrogen and oxygen atoms in total. The van der Waals surface area contributed by atoms with Gasteiger partial charge >= 0.3 is 0 Å². The quantitative estimate of drug-likeness (QED) is 0.291. The first-order chi connectivity index (χ1) is 15.0. The van der Waals surface area contributed by atoms with Gasteiger partial charge in [-0.3, -0.25) is 14.2 Å². The van der Waals surface area contributed by atoms with Crippen molar-refractivity contribution in [2.75, 3.05) is 18.9 Å². The van der Waals surface area contributed by atoms with Crippen LogP contribution in [0.1, 0.15) is 30.7 Å². The molecule has 0 aliphatic carbocycles. The number of rotatable bonds is 8. The predicted molar refractivity (Wildman–Crippen MR) is 126 cm³/mol. The number of benzene rings is 1. The van der Waals surface area contributed by atoms with Crippen LogP contribution in [0.15, 0.2) is 45.7 Å². The van der Waals surface area contributed by atoms with Gasteiger partial charge in [-0.1, -0.05) is 23.9 Å². The molecule has 1 aromatic carbocycles. The Kier molecular flexibility index (Phi) is 7.09. The minimum absolute atomic E-state index is 0.0639. The van der Waals surface area contributed by atoms with Gasteiger partial charge < -0.3 is 9.64 Å². The number of ether oxygens (including phenoxy) is 1. The topological polar surface area (TPSA) is 64.4 Å². The molecule has 0 radical (unpaired) electrons. The van der Waals surface area contributed by atoms with E-state index in [0.717, 1.165) is 13.0 Å². The monoisotopic (exact) mass is 457 g/mol. The summed E-state index contributed by atoms with van der Waals surface area (Å²) in [5, 5.41) is 3.28. The summed E-state index contributed by atoms with van der Waals surface area (Å²) in [4.78, 5) is 34.0. The molecule has 4 rings (SSSR count). The molecule has 1 amide bonds.